The van der Waals surface area contributed by atoms with Gasteiger partial charge in [0.1, 0.15) is 0 Å². The molecule has 2 aromatic carbocycles. The zero-order valence-electron chi connectivity index (χ0n) is 15.0. The quantitative estimate of drug-likeness (QED) is 0.400. The van der Waals surface area contributed by atoms with Crippen molar-refractivity contribution in [1.29, 1.82) is 0 Å². The van der Waals surface area contributed by atoms with Gasteiger partial charge in [-0.05, 0) is 41.5 Å². The van der Waals surface area contributed by atoms with Crippen LogP contribution in [0.2, 0.25) is 0 Å². The van der Waals surface area contributed by atoms with E-state index in [4.69, 9.17) is 4.55 Å². The Labute approximate surface area is 151 Å². The smallest absolute Gasteiger partial charge is 0.294 e. The molecule has 138 valence electrons. The van der Waals surface area contributed by atoms with Crippen molar-refractivity contribution in [2.45, 2.75) is 63.2 Å². The average Bonchev–Trinajstić information content (AvgIpc) is 2.59. The van der Waals surface area contributed by atoms with Gasteiger partial charge in [-0.25, -0.2) is 0 Å². The van der Waals surface area contributed by atoms with Crippen LogP contribution >= 0.6 is 0 Å². The van der Waals surface area contributed by atoms with E-state index < -0.39 is 10.1 Å². The number of nitrogens with one attached hydrogen (secondary N) is 1. The van der Waals surface area contributed by atoms with Gasteiger partial charge in [0.25, 0.3) is 10.1 Å². The lowest BCUT2D eigenvalue weighted by Crippen LogP contribution is -2.01. The molecule has 0 heterocycles. The molecule has 0 atom stereocenters. The highest BCUT2D eigenvalue weighted by Crippen LogP contribution is 2.22. The van der Waals surface area contributed by atoms with Crippen molar-refractivity contribution in [3.63, 3.8) is 0 Å². The minimum Gasteiger partial charge on any atom is -0.385 e. The molecule has 0 fully saturated rings. The molecule has 2 N–H and O–H groups in total. The Hall–Kier alpha value is -1.59. The molecule has 25 heavy (non-hydrogen) atoms. The summed E-state index contributed by atoms with van der Waals surface area (Å²) in [6.45, 7) is 3.19. The Morgan fingerprint density at radius 3 is 2.12 bits per heavy atom. The fourth-order valence-corrected chi connectivity index (χ4v) is 3.50. The number of rotatable bonds is 11. The molecule has 0 aliphatic rings. The van der Waals surface area contributed by atoms with E-state index in [1.807, 2.05) is 18.2 Å². The third-order valence-electron chi connectivity index (χ3n) is 4.47. The van der Waals surface area contributed by atoms with Crippen LogP contribution in [0, 0.1) is 0 Å². The van der Waals surface area contributed by atoms with E-state index in [2.05, 4.69) is 12.2 Å². The SMILES string of the molecule is CCCCCCCCCCNc1ccc2cc(S(=O)(=O)O)ccc2c1. The van der Waals surface area contributed by atoms with Crippen LogP contribution in [0.15, 0.2) is 41.3 Å². The van der Waals surface area contributed by atoms with Crippen molar-refractivity contribution in [3.8, 4) is 0 Å². The molecule has 0 saturated heterocycles. The maximum absolute atomic E-state index is 11.2. The van der Waals surface area contributed by atoms with Crippen LogP contribution in [0.3, 0.4) is 0 Å². The largest absolute Gasteiger partial charge is 0.385 e. The van der Waals surface area contributed by atoms with E-state index in [1.165, 1.54) is 57.1 Å². The first-order valence-electron chi connectivity index (χ1n) is 9.26. The second-order valence-electron chi connectivity index (χ2n) is 6.60. The van der Waals surface area contributed by atoms with Crippen molar-refractivity contribution < 1.29 is 13.0 Å². The Bertz CT molecular complexity index is 772. The monoisotopic (exact) mass is 363 g/mol. The molecule has 0 spiro atoms. The number of hydrogen-bond donors (Lipinski definition) is 2. The lowest BCUT2D eigenvalue weighted by Gasteiger charge is -2.08. The van der Waals surface area contributed by atoms with E-state index in [-0.39, 0.29) is 4.90 Å². The molecule has 4 nitrogen and oxygen atoms in total. The summed E-state index contributed by atoms with van der Waals surface area (Å²) in [7, 11) is -4.15. The van der Waals surface area contributed by atoms with E-state index in [0.717, 1.165) is 29.4 Å². The fraction of sp³-hybridized carbons (Fsp3) is 0.500. The molecule has 2 rings (SSSR count). The molecule has 0 aromatic heterocycles. The molecule has 0 bridgehead atoms. The van der Waals surface area contributed by atoms with Gasteiger partial charge in [-0.1, -0.05) is 64.0 Å². The van der Waals surface area contributed by atoms with Gasteiger partial charge in [-0.15, -0.1) is 0 Å². The predicted molar refractivity (Wildman–Crippen MR) is 105 cm³/mol. The summed E-state index contributed by atoms with van der Waals surface area (Å²) in [5.74, 6) is 0. The van der Waals surface area contributed by atoms with E-state index in [0.29, 0.717) is 0 Å². The minimum absolute atomic E-state index is 0.0698. The topological polar surface area (TPSA) is 66.4 Å². The molecular weight excluding hydrogens is 334 g/mol. The summed E-state index contributed by atoms with van der Waals surface area (Å²) < 4.78 is 31.5. The third-order valence-corrected chi connectivity index (χ3v) is 5.32. The lowest BCUT2D eigenvalue weighted by atomic mass is 10.1. The maximum atomic E-state index is 11.2. The minimum atomic E-state index is -4.15. The van der Waals surface area contributed by atoms with Gasteiger partial charge in [0.05, 0.1) is 4.90 Å². The Kier molecular flexibility index (Phi) is 7.72. The molecule has 5 heteroatoms. The standard InChI is InChI=1S/C20H29NO3S/c1-2-3-4-5-6-7-8-9-14-21-19-12-10-18-16-20(25(22,23)24)13-11-17(18)15-19/h10-13,15-16,21H,2-9,14H2,1H3,(H,22,23,24). The predicted octanol–water partition coefficient (Wildman–Crippen LogP) is 5.64. The zero-order valence-corrected chi connectivity index (χ0v) is 15.8. The summed E-state index contributed by atoms with van der Waals surface area (Å²) in [4.78, 5) is -0.0698. The number of benzene rings is 2. The maximum Gasteiger partial charge on any atom is 0.294 e. The van der Waals surface area contributed by atoms with Crippen molar-refractivity contribution >= 4 is 26.6 Å². The van der Waals surface area contributed by atoms with Gasteiger partial charge in [0.2, 0.25) is 0 Å². The van der Waals surface area contributed by atoms with Gasteiger partial charge < -0.3 is 5.32 Å². The van der Waals surface area contributed by atoms with Crippen LogP contribution in [0.25, 0.3) is 10.8 Å². The first kappa shape index (κ1) is 19.7. The van der Waals surface area contributed by atoms with Crippen molar-refractivity contribution in [2.75, 3.05) is 11.9 Å². The Balaban J connectivity index is 1.77. The van der Waals surface area contributed by atoms with Gasteiger partial charge in [0.15, 0.2) is 0 Å². The van der Waals surface area contributed by atoms with E-state index in [9.17, 15) is 8.42 Å². The van der Waals surface area contributed by atoms with Crippen molar-refractivity contribution in [1.82, 2.24) is 0 Å². The number of unbranched alkanes of at least 4 members (excludes halogenated alkanes) is 7. The van der Waals surface area contributed by atoms with Crippen LogP contribution in [-0.4, -0.2) is 19.5 Å². The molecule has 0 aliphatic heterocycles. The summed E-state index contributed by atoms with van der Waals surface area (Å²) >= 11 is 0. The summed E-state index contributed by atoms with van der Waals surface area (Å²) in [6, 6.07) is 10.5. The molecule has 0 radical (unpaired) electrons. The molecule has 0 unspecified atom stereocenters. The highest BCUT2D eigenvalue weighted by Gasteiger charge is 2.09. The number of fused-ring (bicyclic) bond motifs is 1. The summed E-state index contributed by atoms with van der Waals surface area (Å²) in [5, 5.41) is 5.18. The molecule has 0 amide bonds. The highest BCUT2D eigenvalue weighted by molar-refractivity contribution is 7.85. The van der Waals surface area contributed by atoms with Crippen molar-refractivity contribution in [3.05, 3.63) is 36.4 Å². The molecule has 0 aliphatic carbocycles. The first-order chi connectivity index (χ1) is 12.0. The second-order valence-corrected chi connectivity index (χ2v) is 8.02. The highest BCUT2D eigenvalue weighted by atomic mass is 32.2. The van der Waals surface area contributed by atoms with Crippen LogP contribution in [-0.2, 0) is 10.1 Å². The fourth-order valence-electron chi connectivity index (χ4n) is 2.99. The van der Waals surface area contributed by atoms with Gasteiger partial charge in [-0.2, -0.15) is 8.42 Å². The Morgan fingerprint density at radius 1 is 0.840 bits per heavy atom. The van der Waals surface area contributed by atoms with Gasteiger partial charge in [0, 0.05) is 12.2 Å². The molecular formula is C20H29NO3S. The lowest BCUT2D eigenvalue weighted by molar-refractivity contribution is 0.483. The van der Waals surface area contributed by atoms with Gasteiger partial charge >= 0.3 is 0 Å². The van der Waals surface area contributed by atoms with Crippen LogP contribution < -0.4 is 5.32 Å². The second kappa shape index (κ2) is 9.78. The van der Waals surface area contributed by atoms with Crippen LogP contribution in [0.4, 0.5) is 5.69 Å². The first-order valence-corrected chi connectivity index (χ1v) is 10.7. The number of hydrogen-bond acceptors (Lipinski definition) is 3. The normalized spacial score (nSPS) is 11.8. The molecule has 2 aromatic rings. The molecule has 0 saturated carbocycles. The third kappa shape index (κ3) is 6.67. The van der Waals surface area contributed by atoms with E-state index >= 15 is 0 Å². The van der Waals surface area contributed by atoms with E-state index in [1.54, 1.807) is 6.07 Å². The summed E-state index contributed by atoms with van der Waals surface area (Å²) in [5.41, 5.74) is 1.04. The van der Waals surface area contributed by atoms with Gasteiger partial charge in [-0.3, -0.25) is 4.55 Å². The number of anilines is 1. The Morgan fingerprint density at radius 2 is 1.44 bits per heavy atom. The summed E-state index contributed by atoms with van der Waals surface area (Å²) in [6.07, 6.45) is 10.4. The van der Waals surface area contributed by atoms with Crippen molar-refractivity contribution in [2.24, 2.45) is 0 Å². The average molecular weight is 364 g/mol. The zero-order chi connectivity index (χ0) is 18.1. The van der Waals surface area contributed by atoms with Crippen LogP contribution in [0.5, 0.6) is 0 Å². The van der Waals surface area contributed by atoms with Crippen LogP contribution in [0.1, 0.15) is 58.3 Å².